The highest BCUT2D eigenvalue weighted by molar-refractivity contribution is 6.29. The van der Waals surface area contributed by atoms with Crippen LogP contribution in [0.2, 0.25) is 5.15 Å². The molecule has 21 heavy (non-hydrogen) atoms. The van der Waals surface area contributed by atoms with Crippen molar-refractivity contribution in [2.75, 3.05) is 11.4 Å². The van der Waals surface area contributed by atoms with Crippen molar-refractivity contribution >= 4 is 29.1 Å². The Hall–Kier alpha value is -2.20. The van der Waals surface area contributed by atoms with E-state index in [0.717, 1.165) is 5.56 Å². The molecule has 0 radical (unpaired) electrons. The molecule has 0 bridgehead atoms. The molecule has 5 heteroatoms. The van der Waals surface area contributed by atoms with Gasteiger partial charge < -0.3 is 0 Å². The van der Waals surface area contributed by atoms with Crippen LogP contribution in [0, 0.1) is 6.92 Å². The van der Waals surface area contributed by atoms with Gasteiger partial charge in [0.15, 0.2) is 5.78 Å². The first-order chi connectivity index (χ1) is 10.1. The predicted molar refractivity (Wildman–Crippen MR) is 81.1 cm³/mol. The Labute approximate surface area is 127 Å². The van der Waals surface area contributed by atoms with E-state index < -0.39 is 0 Å². The molecule has 1 aromatic heterocycles. The number of fused-ring (bicyclic) bond motifs is 1. The number of rotatable bonds is 1. The van der Waals surface area contributed by atoms with Crippen LogP contribution < -0.4 is 4.90 Å². The van der Waals surface area contributed by atoms with E-state index in [9.17, 15) is 9.59 Å². The summed E-state index contributed by atoms with van der Waals surface area (Å²) >= 11 is 5.91. The van der Waals surface area contributed by atoms with Crippen molar-refractivity contribution in [3.8, 4) is 0 Å². The number of carbonyl (C=O) groups excluding carboxylic acids is 2. The Morgan fingerprint density at radius 1 is 1.24 bits per heavy atom. The summed E-state index contributed by atoms with van der Waals surface area (Å²) in [5.74, 6) is 0.187. The zero-order chi connectivity index (χ0) is 15.0. The summed E-state index contributed by atoms with van der Waals surface area (Å²) in [5.41, 5.74) is 1.95. The van der Waals surface area contributed by atoms with Gasteiger partial charge in [-0.15, -0.1) is 0 Å². The number of hydrogen-bond acceptors (Lipinski definition) is 3. The van der Waals surface area contributed by atoms with Gasteiger partial charge in [0, 0.05) is 18.5 Å². The van der Waals surface area contributed by atoms with Crippen LogP contribution in [-0.4, -0.2) is 23.2 Å². The van der Waals surface area contributed by atoms with Crippen LogP contribution in [0.4, 0.5) is 5.82 Å². The molecule has 3 rings (SSSR count). The Morgan fingerprint density at radius 3 is 2.76 bits per heavy atom. The number of benzene rings is 1. The van der Waals surface area contributed by atoms with E-state index in [1.807, 2.05) is 25.1 Å². The van der Waals surface area contributed by atoms with Gasteiger partial charge >= 0.3 is 0 Å². The molecule has 2 heterocycles. The summed E-state index contributed by atoms with van der Waals surface area (Å²) in [6.07, 6.45) is 0.300. The molecule has 1 aliphatic rings. The number of ketones is 1. The van der Waals surface area contributed by atoms with E-state index in [0.29, 0.717) is 29.9 Å². The molecule has 106 valence electrons. The number of hydrogen-bond donors (Lipinski definition) is 0. The fourth-order valence-electron chi connectivity index (χ4n) is 2.46. The van der Waals surface area contributed by atoms with Crippen molar-refractivity contribution in [2.24, 2.45) is 0 Å². The fraction of sp³-hybridized carbons (Fsp3) is 0.188. The van der Waals surface area contributed by atoms with Gasteiger partial charge in [-0.3, -0.25) is 14.5 Å². The molecule has 0 saturated heterocycles. The largest absolute Gasteiger partial charge is 0.294 e. The van der Waals surface area contributed by atoms with Crippen LogP contribution >= 0.6 is 11.6 Å². The predicted octanol–water partition coefficient (Wildman–Crippen LogP) is 3.28. The van der Waals surface area contributed by atoms with Gasteiger partial charge in [0.25, 0.3) is 5.91 Å². The van der Waals surface area contributed by atoms with Crippen molar-refractivity contribution in [3.63, 3.8) is 0 Å². The minimum absolute atomic E-state index is 0.0111. The molecule has 0 unspecified atom stereocenters. The van der Waals surface area contributed by atoms with Crippen LogP contribution in [0.1, 0.15) is 32.7 Å². The van der Waals surface area contributed by atoms with E-state index in [1.165, 1.54) is 4.90 Å². The minimum atomic E-state index is -0.156. The third-order valence-electron chi connectivity index (χ3n) is 3.58. The number of nitrogens with zero attached hydrogens (tertiary/aromatic N) is 2. The summed E-state index contributed by atoms with van der Waals surface area (Å²) in [6, 6.07) is 10.6. The molecule has 4 nitrogen and oxygen atoms in total. The number of anilines is 1. The zero-order valence-corrected chi connectivity index (χ0v) is 12.2. The van der Waals surface area contributed by atoms with E-state index in [-0.39, 0.29) is 16.8 Å². The number of carbonyl (C=O) groups is 2. The average Bonchev–Trinajstić information content (AvgIpc) is 2.47. The van der Waals surface area contributed by atoms with Gasteiger partial charge in [-0.05, 0) is 30.7 Å². The van der Waals surface area contributed by atoms with E-state index in [1.54, 1.807) is 18.2 Å². The van der Waals surface area contributed by atoms with Crippen LogP contribution in [-0.2, 0) is 0 Å². The third-order valence-corrected chi connectivity index (χ3v) is 3.79. The van der Waals surface area contributed by atoms with Crippen LogP contribution in [0.3, 0.4) is 0 Å². The van der Waals surface area contributed by atoms with Gasteiger partial charge in [-0.2, -0.15) is 0 Å². The first-order valence-electron chi connectivity index (χ1n) is 6.65. The van der Waals surface area contributed by atoms with E-state index >= 15 is 0 Å². The summed E-state index contributed by atoms with van der Waals surface area (Å²) < 4.78 is 0. The van der Waals surface area contributed by atoms with Crippen molar-refractivity contribution in [2.45, 2.75) is 13.3 Å². The lowest BCUT2D eigenvalue weighted by atomic mass is 10.0. The molecule has 1 aliphatic heterocycles. The molecule has 1 aromatic carbocycles. The fourth-order valence-corrected chi connectivity index (χ4v) is 2.60. The first kappa shape index (κ1) is 13.8. The number of amides is 1. The van der Waals surface area contributed by atoms with Crippen molar-refractivity contribution in [1.82, 2.24) is 4.98 Å². The minimum Gasteiger partial charge on any atom is -0.294 e. The molecule has 0 atom stereocenters. The summed E-state index contributed by atoms with van der Waals surface area (Å²) in [5, 5.41) is 0.269. The Kier molecular flexibility index (Phi) is 3.47. The smallest absolute Gasteiger partial charge is 0.259 e. The van der Waals surface area contributed by atoms with Crippen molar-refractivity contribution < 1.29 is 9.59 Å². The Bertz CT molecular complexity index is 743. The Balaban J connectivity index is 2.07. The van der Waals surface area contributed by atoms with E-state index in [2.05, 4.69) is 4.98 Å². The van der Waals surface area contributed by atoms with Gasteiger partial charge in [-0.25, -0.2) is 4.98 Å². The summed E-state index contributed by atoms with van der Waals surface area (Å²) in [4.78, 5) is 30.4. The Morgan fingerprint density at radius 2 is 2.00 bits per heavy atom. The molecule has 0 aliphatic carbocycles. The number of aryl methyl sites for hydroxylation is 1. The number of pyridine rings is 1. The molecule has 0 fully saturated rings. The lowest BCUT2D eigenvalue weighted by Crippen LogP contribution is -2.38. The summed E-state index contributed by atoms with van der Waals surface area (Å²) in [7, 11) is 0. The molecule has 0 spiro atoms. The van der Waals surface area contributed by atoms with Crippen molar-refractivity contribution in [3.05, 3.63) is 58.2 Å². The highest BCUT2D eigenvalue weighted by Gasteiger charge is 2.29. The monoisotopic (exact) mass is 300 g/mol. The van der Waals surface area contributed by atoms with Gasteiger partial charge in [0.05, 0.1) is 5.56 Å². The van der Waals surface area contributed by atoms with Crippen LogP contribution in [0.15, 0.2) is 36.4 Å². The second-order valence-corrected chi connectivity index (χ2v) is 5.34. The second-order valence-electron chi connectivity index (χ2n) is 4.95. The highest BCUT2D eigenvalue weighted by Crippen LogP contribution is 2.28. The van der Waals surface area contributed by atoms with Gasteiger partial charge in [-0.1, -0.05) is 29.8 Å². The summed E-state index contributed by atoms with van der Waals surface area (Å²) in [6.45, 7) is 2.21. The molecule has 2 aromatic rings. The van der Waals surface area contributed by atoms with Crippen LogP contribution in [0.25, 0.3) is 0 Å². The normalized spacial score (nSPS) is 14.0. The third kappa shape index (κ3) is 2.43. The maximum Gasteiger partial charge on any atom is 0.259 e. The number of Topliss-reactive ketones (excluding diaryl/α,β-unsaturated/α-hetero) is 1. The molecule has 0 saturated carbocycles. The van der Waals surface area contributed by atoms with Crippen LogP contribution in [0.5, 0.6) is 0 Å². The van der Waals surface area contributed by atoms with Gasteiger partial charge in [0.2, 0.25) is 0 Å². The average molecular weight is 301 g/mol. The van der Waals surface area contributed by atoms with E-state index in [4.69, 9.17) is 11.6 Å². The maximum absolute atomic E-state index is 12.7. The quantitative estimate of drug-likeness (QED) is 0.759. The lowest BCUT2D eigenvalue weighted by molar-refractivity contribution is 0.0953. The highest BCUT2D eigenvalue weighted by atomic mass is 35.5. The van der Waals surface area contributed by atoms with Gasteiger partial charge in [0.1, 0.15) is 11.0 Å². The standard InChI is InChI=1S/C16H13ClN2O2/c1-10-4-2-3-5-11(10)16(21)19-9-8-13(20)12-6-7-14(17)18-15(12)19/h2-7H,8-9H2,1H3. The molecular weight excluding hydrogens is 288 g/mol. The molecule has 1 amide bonds. The van der Waals surface area contributed by atoms with Crippen molar-refractivity contribution in [1.29, 1.82) is 0 Å². The SMILES string of the molecule is Cc1ccccc1C(=O)N1CCC(=O)c2ccc(Cl)nc21. The number of halogens is 1. The second kappa shape index (κ2) is 5.30. The topological polar surface area (TPSA) is 50.3 Å². The molecule has 0 N–H and O–H groups in total. The lowest BCUT2D eigenvalue weighted by Gasteiger charge is -2.28. The number of aromatic nitrogens is 1. The molecular formula is C16H13ClN2O2. The maximum atomic E-state index is 12.7. The first-order valence-corrected chi connectivity index (χ1v) is 7.03. The zero-order valence-electron chi connectivity index (χ0n) is 11.5.